The van der Waals surface area contributed by atoms with Crippen LogP contribution in [0.3, 0.4) is 0 Å². The van der Waals surface area contributed by atoms with E-state index in [0.717, 1.165) is 0 Å². The van der Waals surface area contributed by atoms with Crippen molar-refractivity contribution in [3.63, 3.8) is 0 Å². The van der Waals surface area contributed by atoms with E-state index in [4.69, 9.17) is 0 Å². The van der Waals surface area contributed by atoms with Crippen molar-refractivity contribution in [2.45, 2.75) is 0 Å². The summed E-state index contributed by atoms with van der Waals surface area (Å²) in [5, 5.41) is 0. The molecule has 0 fully saturated rings. The first kappa shape index (κ1) is 12.2. The Kier molecular flexibility index (Phi) is 8.03. The summed E-state index contributed by atoms with van der Waals surface area (Å²) in [7, 11) is 0. The summed E-state index contributed by atoms with van der Waals surface area (Å²) < 4.78 is 0. The molecule has 1 nitrogen and oxygen atoms in total. The Morgan fingerprint density at radius 3 is 1.90 bits per heavy atom. The van der Waals surface area contributed by atoms with Gasteiger partial charge in [-0.3, -0.25) is 0 Å². The number of hydrogen-bond acceptors (Lipinski definition) is 1. The van der Waals surface area contributed by atoms with Crippen LogP contribution in [0.5, 0.6) is 0 Å². The first-order valence-corrected chi connectivity index (χ1v) is 2.36. The zero-order valence-electron chi connectivity index (χ0n) is 5.74. The van der Waals surface area contributed by atoms with Crippen molar-refractivity contribution < 1.29 is 23.4 Å². The van der Waals surface area contributed by atoms with Gasteiger partial charge in [0.15, 0.2) is 0 Å². The smallest absolute Gasteiger partial charge is 0.376 e. The maximum Gasteiger partial charge on any atom is 2.00 e. The van der Waals surface area contributed by atoms with Gasteiger partial charge in [0.05, 0.1) is 6.29 Å². The van der Waals surface area contributed by atoms with E-state index in [-0.39, 0.29) is 26.0 Å². The monoisotopic (exact) mass is 171 g/mol. The summed E-state index contributed by atoms with van der Waals surface area (Å²) in [5.41, 5.74) is 0.604. The molecule has 10 heavy (non-hydrogen) atoms. The quantitative estimate of drug-likeness (QED) is 0.586. The number of rotatable bonds is 1. The van der Waals surface area contributed by atoms with Crippen molar-refractivity contribution in [1.29, 1.82) is 0 Å². The summed E-state index contributed by atoms with van der Waals surface area (Å²) in [6.07, 6.45) is 1.78. The zero-order valence-corrected chi connectivity index (χ0v) is 7.14. The molecule has 1 aromatic carbocycles. The number of carbonyl (C=O) groups excluding carboxylic acids is 1. The summed E-state index contributed by atoms with van der Waals surface area (Å²) >= 11 is 0. The first-order chi connectivity index (χ1) is 3.93. The van der Waals surface area contributed by atoms with E-state index < -0.39 is 0 Å². The maximum atomic E-state index is 9.88. The van der Waals surface area contributed by atoms with Crippen LogP contribution in [0.2, 0.25) is 0 Å². The molecule has 1 aromatic rings. The van der Waals surface area contributed by atoms with Gasteiger partial charge in [-0.2, -0.15) is 17.7 Å². The van der Waals surface area contributed by atoms with Crippen LogP contribution in [0, 0.1) is 7.43 Å². The van der Waals surface area contributed by atoms with Gasteiger partial charge in [0, 0.05) is 0 Å². The van der Waals surface area contributed by atoms with E-state index in [9.17, 15) is 4.79 Å². The van der Waals surface area contributed by atoms with E-state index in [2.05, 4.69) is 0 Å². The fraction of sp³-hybridized carbons (Fsp3) is 0. The average Bonchev–Trinajstić information content (AvgIpc) is 1.90. The second-order valence-corrected chi connectivity index (χ2v) is 1.47. The van der Waals surface area contributed by atoms with Gasteiger partial charge in [-0.1, -0.05) is 6.07 Å². The molecule has 51 valence electrons. The molecule has 0 spiro atoms. The molecule has 0 saturated carbocycles. The fourth-order valence-electron chi connectivity index (χ4n) is 0.506. The molecule has 0 atom stereocenters. The molecular formula is C8H8OV. The fourth-order valence-corrected chi connectivity index (χ4v) is 0.506. The molecule has 0 aliphatic heterocycles. The summed E-state index contributed by atoms with van der Waals surface area (Å²) in [6, 6.07) is 8.90. The van der Waals surface area contributed by atoms with Crippen molar-refractivity contribution in [1.82, 2.24) is 0 Å². The molecular weight excluding hydrogens is 163 g/mol. The van der Waals surface area contributed by atoms with E-state index in [1.54, 1.807) is 30.6 Å². The third-order valence-corrected chi connectivity index (χ3v) is 0.892. The second kappa shape index (κ2) is 6.59. The van der Waals surface area contributed by atoms with E-state index in [1.165, 1.54) is 0 Å². The Morgan fingerprint density at radius 2 is 1.60 bits per heavy atom. The van der Waals surface area contributed by atoms with Gasteiger partial charge in [0.2, 0.25) is 0 Å². The standard InChI is InChI=1S/C7H5O.CH3.V/c8-6-7-4-2-1-3-5-7;;/h1-5H;1H3;/q2*-1;+2. The normalized spacial score (nSPS) is 6.80. The Labute approximate surface area is 73.3 Å². The average molecular weight is 171 g/mol. The van der Waals surface area contributed by atoms with Crippen LogP contribution in [0.15, 0.2) is 30.3 Å². The molecule has 0 unspecified atom stereocenters. The maximum absolute atomic E-state index is 9.88. The third kappa shape index (κ3) is 3.49. The van der Waals surface area contributed by atoms with Crippen molar-refractivity contribution in [2.75, 3.05) is 0 Å². The van der Waals surface area contributed by atoms with Crippen LogP contribution in [-0.2, 0) is 23.4 Å². The minimum Gasteiger partial charge on any atom is -0.376 e. The minimum absolute atomic E-state index is 0. The van der Waals surface area contributed by atoms with Gasteiger partial charge in [0.25, 0.3) is 0 Å². The molecule has 0 bridgehead atoms. The first-order valence-electron chi connectivity index (χ1n) is 2.36. The molecule has 0 saturated heterocycles. The second-order valence-electron chi connectivity index (χ2n) is 1.47. The predicted octanol–water partition coefficient (Wildman–Crippen LogP) is 1.59. The Morgan fingerprint density at radius 1 is 1.10 bits per heavy atom. The number of benzene rings is 1. The van der Waals surface area contributed by atoms with Gasteiger partial charge < -0.3 is 12.2 Å². The van der Waals surface area contributed by atoms with Gasteiger partial charge in [0.1, 0.15) is 0 Å². The van der Waals surface area contributed by atoms with Crippen LogP contribution in [0.1, 0.15) is 5.56 Å². The van der Waals surface area contributed by atoms with Crippen LogP contribution in [0.4, 0.5) is 0 Å². The summed E-state index contributed by atoms with van der Waals surface area (Å²) in [4.78, 5) is 9.88. The van der Waals surface area contributed by atoms with Crippen molar-refractivity contribution in [3.8, 4) is 0 Å². The minimum atomic E-state index is 0. The van der Waals surface area contributed by atoms with Crippen molar-refractivity contribution in [2.24, 2.45) is 0 Å². The Bertz CT molecular complexity index is 172. The zero-order chi connectivity index (χ0) is 5.82. The topological polar surface area (TPSA) is 17.1 Å². The summed E-state index contributed by atoms with van der Waals surface area (Å²) in [5.74, 6) is 0. The van der Waals surface area contributed by atoms with Gasteiger partial charge in [-0.15, -0.1) is 12.1 Å². The molecule has 1 rings (SSSR count). The van der Waals surface area contributed by atoms with Crippen LogP contribution >= 0.6 is 0 Å². The molecule has 2 heteroatoms. The molecule has 1 radical (unpaired) electrons. The Balaban J connectivity index is 0. The molecule has 0 amide bonds. The molecule has 0 aliphatic rings. The largest absolute Gasteiger partial charge is 2.00 e. The SMILES string of the molecule is O=[C-]c1ccccc1.[CH3-].[V+2]. The Hall–Kier alpha value is -0.526. The molecule has 0 N–H and O–H groups in total. The number of hydrogen-bond donors (Lipinski definition) is 0. The molecule has 0 heterocycles. The van der Waals surface area contributed by atoms with E-state index in [0.29, 0.717) is 5.56 Å². The summed E-state index contributed by atoms with van der Waals surface area (Å²) in [6.45, 7) is 0. The van der Waals surface area contributed by atoms with E-state index in [1.807, 2.05) is 6.07 Å². The van der Waals surface area contributed by atoms with Crippen LogP contribution in [0.25, 0.3) is 0 Å². The third-order valence-electron chi connectivity index (χ3n) is 0.892. The predicted molar refractivity (Wildman–Crippen MR) is 37.7 cm³/mol. The van der Waals surface area contributed by atoms with Crippen molar-refractivity contribution >= 4 is 6.29 Å². The van der Waals surface area contributed by atoms with E-state index >= 15 is 0 Å². The van der Waals surface area contributed by atoms with Crippen molar-refractivity contribution in [3.05, 3.63) is 43.3 Å². The van der Waals surface area contributed by atoms with Gasteiger partial charge in [-0.25, -0.2) is 0 Å². The van der Waals surface area contributed by atoms with Gasteiger partial charge >= 0.3 is 18.6 Å². The van der Waals surface area contributed by atoms with Crippen LogP contribution in [-0.4, -0.2) is 6.29 Å². The van der Waals surface area contributed by atoms with Gasteiger partial charge in [-0.05, 0) is 0 Å². The molecule has 0 aromatic heterocycles. The molecule has 0 aliphatic carbocycles. The van der Waals surface area contributed by atoms with Crippen LogP contribution < -0.4 is 0 Å².